The van der Waals surface area contributed by atoms with E-state index in [1.165, 1.54) is 0 Å². The van der Waals surface area contributed by atoms with Crippen molar-refractivity contribution in [3.63, 3.8) is 0 Å². The van der Waals surface area contributed by atoms with Gasteiger partial charge in [0.1, 0.15) is 5.25 Å². The molecule has 1 rings (SSSR count). The second-order valence-corrected chi connectivity index (χ2v) is 7.08. The van der Waals surface area contributed by atoms with Crippen LogP contribution in [0, 0.1) is 0 Å². The van der Waals surface area contributed by atoms with Gasteiger partial charge in [0.2, 0.25) is 9.05 Å². The zero-order valence-corrected chi connectivity index (χ0v) is 9.11. The standard InChI is InChI=1S/C7H14ClNO2S/c1-7(2,3)9-4-6(5-9)12(8,10)11/h6H,4-5H2,1-3H3. The van der Waals surface area contributed by atoms with Crippen LogP contribution >= 0.6 is 10.7 Å². The summed E-state index contributed by atoms with van der Waals surface area (Å²) in [7, 11) is 1.87. The smallest absolute Gasteiger partial charge is 0.237 e. The Hall–Kier alpha value is 0.200. The van der Waals surface area contributed by atoms with Crippen LogP contribution in [0.1, 0.15) is 20.8 Å². The van der Waals surface area contributed by atoms with Crippen LogP contribution in [-0.4, -0.2) is 37.2 Å². The maximum atomic E-state index is 10.8. The highest BCUT2D eigenvalue weighted by atomic mass is 35.7. The fourth-order valence-corrected chi connectivity index (χ4v) is 2.22. The minimum Gasteiger partial charge on any atom is -0.296 e. The van der Waals surface area contributed by atoms with Crippen LogP contribution < -0.4 is 0 Å². The SMILES string of the molecule is CC(C)(C)N1CC(S(=O)(=O)Cl)C1. The third-order valence-corrected chi connectivity index (χ3v) is 4.05. The van der Waals surface area contributed by atoms with Crippen LogP contribution in [0.15, 0.2) is 0 Å². The Labute approximate surface area is 78.1 Å². The quantitative estimate of drug-likeness (QED) is 0.609. The molecule has 1 fully saturated rings. The lowest BCUT2D eigenvalue weighted by Gasteiger charge is -2.46. The van der Waals surface area contributed by atoms with E-state index in [9.17, 15) is 8.42 Å². The highest BCUT2D eigenvalue weighted by molar-refractivity contribution is 8.14. The molecule has 0 aromatic rings. The van der Waals surface area contributed by atoms with Gasteiger partial charge in [-0.2, -0.15) is 0 Å². The van der Waals surface area contributed by atoms with Crippen LogP contribution in [0.25, 0.3) is 0 Å². The minimum absolute atomic E-state index is 0.0536. The largest absolute Gasteiger partial charge is 0.296 e. The Kier molecular flexibility index (Phi) is 2.45. The molecule has 1 aliphatic heterocycles. The van der Waals surface area contributed by atoms with Crippen LogP contribution in [0.4, 0.5) is 0 Å². The summed E-state index contributed by atoms with van der Waals surface area (Å²) < 4.78 is 21.6. The van der Waals surface area contributed by atoms with E-state index in [0.29, 0.717) is 13.1 Å². The van der Waals surface area contributed by atoms with Crippen LogP contribution in [0.2, 0.25) is 0 Å². The van der Waals surface area contributed by atoms with Gasteiger partial charge in [-0.1, -0.05) is 0 Å². The van der Waals surface area contributed by atoms with Crippen molar-refractivity contribution < 1.29 is 8.42 Å². The molecule has 5 heteroatoms. The Morgan fingerprint density at radius 3 is 2.00 bits per heavy atom. The van der Waals surface area contributed by atoms with Gasteiger partial charge in [-0.05, 0) is 20.8 Å². The molecule has 0 spiro atoms. The van der Waals surface area contributed by atoms with Crippen LogP contribution in [0.3, 0.4) is 0 Å². The predicted molar refractivity (Wildman–Crippen MR) is 49.9 cm³/mol. The number of hydrogen-bond acceptors (Lipinski definition) is 3. The Balaban J connectivity index is 2.50. The molecule has 0 saturated carbocycles. The molecule has 0 bridgehead atoms. The van der Waals surface area contributed by atoms with Crippen molar-refractivity contribution in [3.8, 4) is 0 Å². The summed E-state index contributed by atoms with van der Waals surface area (Å²) in [5.41, 5.74) is 0.0536. The lowest BCUT2D eigenvalue weighted by atomic mass is 10.0. The summed E-state index contributed by atoms with van der Waals surface area (Å²) >= 11 is 0. The normalized spacial score (nSPS) is 22.3. The van der Waals surface area contributed by atoms with E-state index in [1.807, 2.05) is 0 Å². The molecule has 0 unspecified atom stereocenters. The van der Waals surface area contributed by atoms with Crippen molar-refractivity contribution in [2.24, 2.45) is 0 Å². The fourth-order valence-electron chi connectivity index (χ4n) is 1.16. The number of likely N-dealkylation sites (tertiary alicyclic amines) is 1. The maximum Gasteiger partial charge on any atom is 0.237 e. The molecular weight excluding hydrogens is 198 g/mol. The molecular formula is C7H14ClNO2S. The van der Waals surface area contributed by atoms with E-state index in [2.05, 4.69) is 25.7 Å². The zero-order valence-electron chi connectivity index (χ0n) is 7.54. The second-order valence-electron chi connectivity index (χ2n) is 4.17. The van der Waals surface area contributed by atoms with Crippen molar-refractivity contribution >= 4 is 19.7 Å². The number of nitrogens with zero attached hydrogens (tertiary/aromatic N) is 1. The molecule has 0 atom stereocenters. The van der Waals surface area contributed by atoms with E-state index >= 15 is 0 Å². The van der Waals surface area contributed by atoms with Crippen LogP contribution in [0.5, 0.6) is 0 Å². The summed E-state index contributed by atoms with van der Waals surface area (Å²) in [6.45, 7) is 7.31. The average molecular weight is 212 g/mol. The van der Waals surface area contributed by atoms with Gasteiger partial charge in [0, 0.05) is 29.3 Å². The third kappa shape index (κ3) is 2.12. The van der Waals surface area contributed by atoms with Crippen molar-refractivity contribution in [1.82, 2.24) is 4.90 Å². The second kappa shape index (κ2) is 2.86. The van der Waals surface area contributed by atoms with Crippen molar-refractivity contribution in [2.75, 3.05) is 13.1 Å². The zero-order chi connectivity index (χ0) is 9.57. The van der Waals surface area contributed by atoms with Gasteiger partial charge >= 0.3 is 0 Å². The third-order valence-electron chi connectivity index (χ3n) is 2.19. The molecule has 1 heterocycles. The molecule has 0 aromatic heterocycles. The van der Waals surface area contributed by atoms with Gasteiger partial charge in [0.15, 0.2) is 0 Å². The number of rotatable bonds is 1. The summed E-state index contributed by atoms with van der Waals surface area (Å²) in [5.74, 6) is 0. The van der Waals surface area contributed by atoms with Crippen molar-refractivity contribution in [2.45, 2.75) is 31.6 Å². The predicted octanol–water partition coefficient (Wildman–Crippen LogP) is 1.04. The average Bonchev–Trinajstić information content (AvgIpc) is 1.46. The first kappa shape index (κ1) is 10.3. The van der Waals surface area contributed by atoms with Crippen LogP contribution in [-0.2, 0) is 9.05 Å². The molecule has 1 saturated heterocycles. The monoisotopic (exact) mass is 211 g/mol. The highest BCUT2D eigenvalue weighted by Crippen LogP contribution is 2.26. The molecule has 3 nitrogen and oxygen atoms in total. The molecule has 0 radical (unpaired) electrons. The van der Waals surface area contributed by atoms with Gasteiger partial charge in [0.25, 0.3) is 0 Å². The Morgan fingerprint density at radius 2 is 1.75 bits per heavy atom. The highest BCUT2D eigenvalue weighted by Gasteiger charge is 2.40. The molecule has 12 heavy (non-hydrogen) atoms. The van der Waals surface area contributed by atoms with Gasteiger partial charge in [0.05, 0.1) is 0 Å². The Morgan fingerprint density at radius 1 is 1.33 bits per heavy atom. The summed E-state index contributed by atoms with van der Waals surface area (Å²) in [6.07, 6.45) is 0. The lowest BCUT2D eigenvalue weighted by Crippen LogP contribution is -2.60. The molecule has 72 valence electrons. The number of halogens is 1. The first-order chi connectivity index (χ1) is 5.21. The molecule has 0 N–H and O–H groups in total. The summed E-state index contributed by atoms with van der Waals surface area (Å²) in [5, 5.41) is -0.363. The first-order valence-corrected chi connectivity index (χ1v) is 6.27. The Bertz CT molecular complexity index is 262. The summed E-state index contributed by atoms with van der Waals surface area (Å²) in [6, 6.07) is 0. The van der Waals surface area contributed by atoms with E-state index in [0.717, 1.165) is 0 Å². The fraction of sp³-hybridized carbons (Fsp3) is 1.00. The lowest BCUT2D eigenvalue weighted by molar-refractivity contribution is 0.0730. The maximum absolute atomic E-state index is 10.8. The molecule has 0 aliphatic carbocycles. The molecule has 0 aromatic carbocycles. The number of hydrogen-bond donors (Lipinski definition) is 0. The van der Waals surface area contributed by atoms with E-state index in [4.69, 9.17) is 10.7 Å². The van der Waals surface area contributed by atoms with Gasteiger partial charge in [-0.25, -0.2) is 8.42 Å². The van der Waals surface area contributed by atoms with Gasteiger partial charge < -0.3 is 0 Å². The first-order valence-electron chi connectivity index (χ1n) is 3.90. The summed E-state index contributed by atoms with van der Waals surface area (Å²) in [4.78, 5) is 2.09. The minimum atomic E-state index is -3.33. The molecule has 1 aliphatic rings. The van der Waals surface area contributed by atoms with Gasteiger partial charge in [-0.3, -0.25) is 4.90 Å². The van der Waals surface area contributed by atoms with Crippen molar-refractivity contribution in [3.05, 3.63) is 0 Å². The van der Waals surface area contributed by atoms with Gasteiger partial charge in [-0.15, -0.1) is 0 Å². The van der Waals surface area contributed by atoms with E-state index in [-0.39, 0.29) is 10.8 Å². The van der Waals surface area contributed by atoms with E-state index < -0.39 is 9.05 Å². The van der Waals surface area contributed by atoms with Crippen molar-refractivity contribution in [1.29, 1.82) is 0 Å². The van der Waals surface area contributed by atoms with E-state index in [1.54, 1.807) is 0 Å². The topological polar surface area (TPSA) is 37.4 Å². The molecule has 0 amide bonds.